The lowest BCUT2D eigenvalue weighted by Crippen LogP contribution is -2.53. The lowest BCUT2D eigenvalue weighted by atomic mass is 9.79. The van der Waals surface area contributed by atoms with Gasteiger partial charge in [0.15, 0.2) is 22.9 Å². The first-order valence-electron chi connectivity index (χ1n) is 7.06. The maximum absolute atomic E-state index is 11.5. The number of aliphatic hydroxyl groups is 1. The number of carbonyl (C=O) groups excluding carboxylic acids is 1. The molecule has 0 aromatic heterocycles. The number of carbonyl (C=O) groups is 1. The summed E-state index contributed by atoms with van der Waals surface area (Å²) in [6.07, 6.45) is 3.57. The number of fused-ring (bicyclic) bond motifs is 6. The lowest BCUT2D eigenvalue weighted by molar-refractivity contribution is -0.113. The highest BCUT2D eigenvalue weighted by Gasteiger charge is 2.55. The van der Waals surface area contributed by atoms with E-state index < -0.39 is 11.7 Å². The molecular weight excluding hydrogens is 288 g/mol. The van der Waals surface area contributed by atoms with Gasteiger partial charge in [-0.15, -0.1) is 0 Å². The van der Waals surface area contributed by atoms with Crippen molar-refractivity contribution in [1.82, 2.24) is 0 Å². The van der Waals surface area contributed by atoms with E-state index in [1.807, 2.05) is 6.07 Å². The summed E-state index contributed by atoms with van der Waals surface area (Å²) in [7, 11) is 0. The molecule has 0 radical (unpaired) electrons. The number of ketones is 1. The van der Waals surface area contributed by atoms with Crippen LogP contribution in [0, 0.1) is 0 Å². The van der Waals surface area contributed by atoms with Crippen molar-refractivity contribution >= 4 is 5.78 Å². The Morgan fingerprint density at radius 2 is 1.95 bits per heavy atom. The van der Waals surface area contributed by atoms with Crippen molar-refractivity contribution in [1.29, 1.82) is 0 Å². The van der Waals surface area contributed by atoms with Gasteiger partial charge < -0.3 is 24.1 Å². The molecule has 0 saturated carbocycles. The van der Waals surface area contributed by atoms with E-state index in [2.05, 4.69) is 0 Å². The van der Waals surface area contributed by atoms with Gasteiger partial charge in [-0.2, -0.15) is 0 Å². The van der Waals surface area contributed by atoms with Gasteiger partial charge in [-0.3, -0.25) is 4.79 Å². The number of benzene rings is 1. The normalized spacial score (nSPS) is 33.3. The molecule has 3 atom stereocenters. The molecule has 1 aliphatic carbocycles. The van der Waals surface area contributed by atoms with Crippen molar-refractivity contribution in [3.63, 3.8) is 0 Å². The molecule has 1 aromatic carbocycles. The minimum atomic E-state index is -1.43. The highest BCUT2D eigenvalue weighted by Crippen LogP contribution is 2.52. The van der Waals surface area contributed by atoms with E-state index in [1.54, 1.807) is 6.07 Å². The summed E-state index contributed by atoms with van der Waals surface area (Å²) in [5.41, 5.74) is -0.505. The zero-order valence-electron chi connectivity index (χ0n) is 11.4. The Labute approximate surface area is 125 Å². The highest BCUT2D eigenvalue weighted by atomic mass is 16.7. The molecule has 1 aromatic rings. The Hall–Kier alpha value is -2.47. The van der Waals surface area contributed by atoms with Crippen LogP contribution in [0.15, 0.2) is 36.1 Å². The fraction of sp³-hybridized carbons (Fsp3) is 0.312. The second-order valence-electron chi connectivity index (χ2n) is 5.77. The first-order chi connectivity index (χ1) is 10.6. The maximum Gasteiger partial charge on any atom is 0.231 e. The van der Waals surface area contributed by atoms with Crippen LogP contribution in [0.5, 0.6) is 17.2 Å². The predicted molar refractivity (Wildman–Crippen MR) is 72.9 cm³/mol. The maximum atomic E-state index is 11.5. The first kappa shape index (κ1) is 12.1. The van der Waals surface area contributed by atoms with Crippen LogP contribution in [0.25, 0.3) is 0 Å². The van der Waals surface area contributed by atoms with Crippen molar-refractivity contribution < 1.29 is 28.8 Å². The standard InChI is InChI=1S/C16H12O6/c17-8-1-2-16(18)14(3-8)19-6-10-9-4-12-13(21-7-20-12)5-11(9)22-15(10)16/h1-5,10,15,18H,6-7H2/t10-,15+,16-/m0/s1. The molecule has 3 aliphatic heterocycles. The molecule has 0 unspecified atom stereocenters. The smallest absolute Gasteiger partial charge is 0.231 e. The quantitative estimate of drug-likeness (QED) is 0.772. The molecule has 5 rings (SSSR count). The third-order valence-electron chi connectivity index (χ3n) is 4.55. The van der Waals surface area contributed by atoms with Crippen molar-refractivity contribution in [3.8, 4) is 17.2 Å². The molecule has 0 amide bonds. The second-order valence-corrected chi connectivity index (χ2v) is 5.77. The van der Waals surface area contributed by atoms with Gasteiger partial charge in [-0.05, 0) is 18.2 Å². The van der Waals surface area contributed by atoms with Crippen LogP contribution < -0.4 is 14.2 Å². The molecule has 1 fully saturated rings. The Morgan fingerprint density at radius 1 is 1.14 bits per heavy atom. The van der Waals surface area contributed by atoms with Crippen LogP contribution >= 0.6 is 0 Å². The summed E-state index contributed by atoms with van der Waals surface area (Å²) in [6, 6.07) is 3.65. The van der Waals surface area contributed by atoms with Gasteiger partial charge in [0.25, 0.3) is 0 Å². The van der Waals surface area contributed by atoms with Crippen LogP contribution in [-0.4, -0.2) is 36.0 Å². The summed E-state index contributed by atoms with van der Waals surface area (Å²) < 4.78 is 22.4. The van der Waals surface area contributed by atoms with Gasteiger partial charge in [0, 0.05) is 17.7 Å². The Bertz CT molecular complexity index is 764. The zero-order chi connectivity index (χ0) is 14.9. The molecule has 4 aliphatic rings. The van der Waals surface area contributed by atoms with Gasteiger partial charge in [0.1, 0.15) is 17.6 Å². The van der Waals surface area contributed by atoms with Crippen molar-refractivity contribution in [2.75, 3.05) is 13.4 Å². The van der Waals surface area contributed by atoms with E-state index >= 15 is 0 Å². The fourth-order valence-corrected chi connectivity index (χ4v) is 3.44. The van der Waals surface area contributed by atoms with Crippen molar-refractivity contribution in [2.24, 2.45) is 0 Å². The molecule has 6 nitrogen and oxygen atoms in total. The number of hydrogen-bond donors (Lipinski definition) is 1. The van der Waals surface area contributed by atoms with Crippen molar-refractivity contribution in [3.05, 3.63) is 41.7 Å². The Balaban J connectivity index is 1.60. The van der Waals surface area contributed by atoms with Gasteiger partial charge in [0.05, 0.1) is 12.5 Å². The minimum Gasteiger partial charge on any atom is -0.493 e. The Morgan fingerprint density at radius 3 is 2.82 bits per heavy atom. The summed E-state index contributed by atoms with van der Waals surface area (Å²) >= 11 is 0. The van der Waals surface area contributed by atoms with Gasteiger partial charge >= 0.3 is 0 Å². The lowest BCUT2D eigenvalue weighted by Gasteiger charge is -2.41. The van der Waals surface area contributed by atoms with E-state index in [1.165, 1.54) is 18.2 Å². The van der Waals surface area contributed by atoms with Crippen LogP contribution in [0.3, 0.4) is 0 Å². The predicted octanol–water partition coefficient (Wildman–Crippen LogP) is 1.04. The monoisotopic (exact) mass is 300 g/mol. The van der Waals surface area contributed by atoms with Crippen LogP contribution in [0.2, 0.25) is 0 Å². The molecule has 0 bridgehead atoms. The Kier molecular flexibility index (Phi) is 2.11. The van der Waals surface area contributed by atoms with Crippen LogP contribution in [0.1, 0.15) is 11.5 Å². The SMILES string of the molecule is O=C1C=C[C@]2(O)C(=C1)OC[C@H]1c3cc4c(cc3O[C@H]12)OCO4. The molecule has 112 valence electrons. The van der Waals surface area contributed by atoms with Gasteiger partial charge in [-0.1, -0.05) is 0 Å². The first-order valence-corrected chi connectivity index (χ1v) is 7.06. The van der Waals surface area contributed by atoms with Gasteiger partial charge in [0.2, 0.25) is 6.79 Å². The second kappa shape index (κ2) is 3.84. The molecular formula is C16H12O6. The topological polar surface area (TPSA) is 74.2 Å². The number of ether oxygens (including phenoxy) is 4. The molecule has 6 heteroatoms. The van der Waals surface area contributed by atoms with Crippen LogP contribution in [-0.2, 0) is 9.53 Å². The fourth-order valence-electron chi connectivity index (χ4n) is 3.44. The average molecular weight is 300 g/mol. The summed E-state index contributed by atoms with van der Waals surface area (Å²) in [5.74, 6) is 1.87. The number of allylic oxidation sites excluding steroid dienone is 2. The molecule has 3 heterocycles. The zero-order valence-corrected chi connectivity index (χ0v) is 11.4. The number of rotatable bonds is 0. The molecule has 22 heavy (non-hydrogen) atoms. The van der Waals surface area contributed by atoms with E-state index in [-0.39, 0.29) is 24.3 Å². The third kappa shape index (κ3) is 1.40. The van der Waals surface area contributed by atoms with E-state index in [0.29, 0.717) is 23.9 Å². The summed E-state index contributed by atoms with van der Waals surface area (Å²) in [4.78, 5) is 11.5. The highest BCUT2D eigenvalue weighted by molar-refractivity contribution is 6.01. The van der Waals surface area contributed by atoms with E-state index in [9.17, 15) is 9.90 Å². The molecule has 1 N–H and O–H groups in total. The van der Waals surface area contributed by atoms with E-state index in [0.717, 1.165) is 5.56 Å². The van der Waals surface area contributed by atoms with Crippen molar-refractivity contribution in [2.45, 2.75) is 17.6 Å². The third-order valence-corrected chi connectivity index (χ3v) is 4.55. The van der Waals surface area contributed by atoms with Crippen LogP contribution in [0.4, 0.5) is 0 Å². The summed E-state index contributed by atoms with van der Waals surface area (Å²) in [5, 5.41) is 10.9. The largest absolute Gasteiger partial charge is 0.493 e. The number of hydrogen-bond acceptors (Lipinski definition) is 6. The van der Waals surface area contributed by atoms with E-state index in [4.69, 9.17) is 18.9 Å². The molecule has 1 saturated heterocycles. The summed E-state index contributed by atoms with van der Waals surface area (Å²) in [6.45, 7) is 0.539. The minimum absolute atomic E-state index is 0.135. The average Bonchev–Trinajstić information content (AvgIpc) is 3.10. The molecule has 0 spiro atoms. The van der Waals surface area contributed by atoms with Gasteiger partial charge in [-0.25, -0.2) is 0 Å².